The molecule has 8 nitrogen and oxygen atoms in total. The van der Waals surface area contributed by atoms with Crippen LogP contribution in [0.15, 0.2) is 55.1 Å². The quantitative estimate of drug-likeness (QED) is 0.423. The van der Waals surface area contributed by atoms with Crippen LogP contribution in [0.2, 0.25) is 0 Å². The number of nitrogens with zero attached hydrogens (tertiary/aromatic N) is 6. The summed E-state index contributed by atoms with van der Waals surface area (Å²) in [5, 5.41) is 19.3. The smallest absolute Gasteiger partial charge is 0.269 e. The summed E-state index contributed by atoms with van der Waals surface area (Å²) in [6.45, 7) is 0.514. The van der Waals surface area contributed by atoms with Gasteiger partial charge in [0.05, 0.1) is 29.4 Å². The van der Waals surface area contributed by atoms with E-state index in [1.165, 1.54) is 12.1 Å². The highest BCUT2D eigenvalue weighted by Gasteiger charge is 2.09. The number of rotatable bonds is 4. The number of aromatic nitrogens is 5. The van der Waals surface area contributed by atoms with Gasteiger partial charge in [-0.3, -0.25) is 24.5 Å². The molecule has 0 amide bonds. The van der Waals surface area contributed by atoms with Crippen LogP contribution < -0.4 is 0 Å². The standard InChI is InChI=1S/C17H14N6O2/c1-21-11-14(8-19-21)13-6-17-16(18-7-13)9-20-22(17)10-12-2-4-15(5-3-12)23(24)25/h2-9,11H,10H2,1H3. The molecule has 0 fully saturated rings. The van der Waals surface area contributed by atoms with Crippen molar-refractivity contribution in [2.75, 3.05) is 0 Å². The van der Waals surface area contributed by atoms with Crippen LogP contribution >= 0.6 is 0 Å². The Hall–Kier alpha value is -3.55. The summed E-state index contributed by atoms with van der Waals surface area (Å²) in [5.41, 5.74) is 4.66. The zero-order valence-electron chi connectivity index (χ0n) is 13.4. The number of hydrogen-bond acceptors (Lipinski definition) is 5. The Labute approximate surface area is 142 Å². The highest BCUT2D eigenvalue weighted by Crippen LogP contribution is 2.23. The van der Waals surface area contributed by atoms with E-state index in [-0.39, 0.29) is 5.69 Å². The minimum absolute atomic E-state index is 0.0783. The molecular formula is C17H14N6O2. The van der Waals surface area contributed by atoms with E-state index in [0.717, 1.165) is 27.7 Å². The van der Waals surface area contributed by atoms with Crippen molar-refractivity contribution in [1.29, 1.82) is 0 Å². The molecule has 4 rings (SSSR count). The monoisotopic (exact) mass is 334 g/mol. The Balaban J connectivity index is 1.68. The highest BCUT2D eigenvalue weighted by atomic mass is 16.6. The van der Waals surface area contributed by atoms with E-state index in [0.29, 0.717) is 6.54 Å². The van der Waals surface area contributed by atoms with E-state index in [9.17, 15) is 10.1 Å². The number of non-ortho nitro benzene ring substituents is 1. The van der Waals surface area contributed by atoms with Crippen molar-refractivity contribution in [3.63, 3.8) is 0 Å². The zero-order chi connectivity index (χ0) is 17.4. The van der Waals surface area contributed by atoms with Gasteiger partial charge < -0.3 is 0 Å². The molecular weight excluding hydrogens is 320 g/mol. The van der Waals surface area contributed by atoms with E-state index < -0.39 is 4.92 Å². The summed E-state index contributed by atoms with van der Waals surface area (Å²) < 4.78 is 3.58. The van der Waals surface area contributed by atoms with Crippen LogP contribution in [-0.4, -0.2) is 29.5 Å². The second kappa shape index (κ2) is 5.82. The SMILES string of the molecule is Cn1cc(-c2cnc3cnn(Cc4ccc([N+](=O)[O-])cc4)c3c2)cn1. The van der Waals surface area contributed by atoms with Crippen LogP contribution in [0.3, 0.4) is 0 Å². The van der Waals surface area contributed by atoms with Gasteiger partial charge >= 0.3 is 0 Å². The van der Waals surface area contributed by atoms with Crippen LogP contribution in [0.25, 0.3) is 22.2 Å². The molecule has 0 saturated heterocycles. The summed E-state index contributed by atoms with van der Waals surface area (Å²) >= 11 is 0. The van der Waals surface area contributed by atoms with Crippen LogP contribution in [0.5, 0.6) is 0 Å². The topological polar surface area (TPSA) is 91.7 Å². The molecule has 25 heavy (non-hydrogen) atoms. The van der Waals surface area contributed by atoms with Gasteiger partial charge in [0, 0.05) is 42.7 Å². The van der Waals surface area contributed by atoms with Crippen molar-refractivity contribution in [2.24, 2.45) is 7.05 Å². The molecule has 3 aromatic heterocycles. The molecule has 0 unspecified atom stereocenters. The van der Waals surface area contributed by atoms with Crippen molar-refractivity contribution in [1.82, 2.24) is 24.5 Å². The van der Waals surface area contributed by atoms with Gasteiger partial charge in [-0.25, -0.2) is 0 Å². The molecule has 0 atom stereocenters. The predicted molar refractivity (Wildman–Crippen MR) is 91.9 cm³/mol. The minimum Gasteiger partial charge on any atom is -0.275 e. The van der Waals surface area contributed by atoms with Gasteiger partial charge in [-0.2, -0.15) is 10.2 Å². The lowest BCUT2D eigenvalue weighted by molar-refractivity contribution is -0.384. The first kappa shape index (κ1) is 15.0. The third-order valence-electron chi connectivity index (χ3n) is 4.01. The van der Waals surface area contributed by atoms with Gasteiger partial charge in [0.15, 0.2) is 0 Å². The van der Waals surface area contributed by atoms with Crippen molar-refractivity contribution >= 4 is 16.7 Å². The molecule has 0 aliphatic heterocycles. The molecule has 4 aromatic rings. The van der Waals surface area contributed by atoms with E-state index in [2.05, 4.69) is 15.2 Å². The van der Waals surface area contributed by atoms with Crippen molar-refractivity contribution in [2.45, 2.75) is 6.54 Å². The maximum Gasteiger partial charge on any atom is 0.269 e. The lowest BCUT2D eigenvalue weighted by Gasteiger charge is -2.05. The van der Waals surface area contributed by atoms with Gasteiger partial charge in [-0.05, 0) is 11.6 Å². The largest absolute Gasteiger partial charge is 0.275 e. The highest BCUT2D eigenvalue weighted by molar-refractivity contribution is 5.80. The number of aryl methyl sites for hydroxylation is 1. The van der Waals surface area contributed by atoms with Gasteiger partial charge in [0.2, 0.25) is 0 Å². The van der Waals surface area contributed by atoms with Crippen LogP contribution in [0.1, 0.15) is 5.56 Å². The second-order valence-electron chi connectivity index (χ2n) is 5.76. The number of nitro groups is 1. The normalized spacial score (nSPS) is 11.1. The molecule has 0 aliphatic carbocycles. The molecule has 1 aromatic carbocycles. The molecule has 0 aliphatic rings. The number of benzene rings is 1. The number of hydrogen-bond donors (Lipinski definition) is 0. The summed E-state index contributed by atoms with van der Waals surface area (Å²) in [5.74, 6) is 0. The minimum atomic E-state index is -0.406. The first-order valence-electron chi connectivity index (χ1n) is 7.64. The van der Waals surface area contributed by atoms with Crippen LogP contribution in [0, 0.1) is 10.1 Å². The zero-order valence-corrected chi connectivity index (χ0v) is 13.4. The van der Waals surface area contributed by atoms with E-state index in [1.807, 2.05) is 24.0 Å². The molecule has 0 radical (unpaired) electrons. The first-order chi connectivity index (χ1) is 12.1. The maximum atomic E-state index is 10.8. The van der Waals surface area contributed by atoms with Gasteiger partial charge in [-0.15, -0.1) is 0 Å². The van der Waals surface area contributed by atoms with Gasteiger partial charge in [-0.1, -0.05) is 12.1 Å². The average molecular weight is 334 g/mol. The number of fused-ring (bicyclic) bond motifs is 1. The predicted octanol–water partition coefficient (Wildman–Crippen LogP) is 2.79. The van der Waals surface area contributed by atoms with Crippen molar-refractivity contribution in [3.8, 4) is 11.1 Å². The van der Waals surface area contributed by atoms with Gasteiger partial charge in [0.1, 0.15) is 5.52 Å². The molecule has 0 N–H and O–H groups in total. The summed E-state index contributed by atoms with van der Waals surface area (Å²) in [7, 11) is 1.87. The molecule has 3 heterocycles. The van der Waals surface area contributed by atoms with E-state index in [1.54, 1.807) is 35.4 Å². The van der Waals surface area contributed by atoms with Crippen molar-refractivity contribution in [3.05, 3.63) is 70.8 Å². The summed E-state index contributed by atoms with van der Waals surface area (Å²) in [4.78, 5) is 14.8. The Morgan fingerprint density at radius 2 is 1.88 bits per heavy atom. The number of nitro benzene ring substituents is 1. The Kier molecular flexibility index (Phi) is 3.50. The Morgan fingerprint density at radius 3 is 2.56 bits per heavy atom. The number of pyridine rings is 1. The Morgan fingerprint density at radius 1 is 1.08 bits per heavy atom. The molecule has 0 bridgehead atoms. The maximum absolute atomic E-state index is 10.8. The van der Waals surface area contributed by atoms with E-state index >= 15 is 0 Å². The fourth-order valence-electron chi connectivity index (χ4n) is 2.71. The Bertz CT molecular complexity index is 1060. The molecule has 8 heteroatoms. The lowest BCUT2D eigenvalue weighted by atomic mass is 10.1. The van der Waals surface area contributed by atoms with Crippen molar-refractivity contribution < 1.29 is 4.92 Å². The van der Waals surface area contributed by atoms with Crippen LogP contribution in [-0.2, 0) is 13.6 Å². The third kappa shape index (κ3) is 2.85. The van der Waals surface area contributed by atoms with E-state index in [4.69, 9.17) is 0 Å². The fraction of sp³-hybridized carbons (Fsp3) is 0.118. The summed E-state index contributed by atoms with van der Waals surface area (Å²) in [6.07, 6.45) is 7.24. The molecule has 0 spiro atoms. The molecule has 0 saturated carbocycles. The second-order valence-corrected chi connectivity index (χ2v) is 5.76. The summed E-state index contributed by atoms with van der Waals surface area (Å²) in [6, 6.07) is 8.51. The lowest BCUT2D eigenvalue weighted by Crippen LogP contribution is -2.01. The molecule has 124 valence electrons. The van der Waals surface area contributed by atoms with Crippen LogP contribution in [0.4, 0.5) is 5.69 Å². The third-order valence-corrected chi connectivity index (χ3v) is 4.01. The average Bonchev–Trinajstić information content (AvgIpc) is 3.22. The first-order valence-corrected chi connectivity index (χ1v) is 7.64. The van der Waals surface area contributed by atoms with Gasteiger partial charge in [0.25, 0.3) is 5.69 Å². The fourth-order valence-corrected chi connectivity index (χ4v) is 2.71.